The predicted octanol–water partition coefficient (Wildman–Crippen LogP) is 4.51. The van der Waals surface area contributed by atoms with Crippen molar-refractivity contribution in [3.8, 4) is 0 Å². The summed E-state index contributed by atoms with van der Waals surface area (Å²) in [4.78, 5) is 20.8. The Balaban J connectivity index is 1.94. The molecule has 0 aliphatic heterocycles. The number of nitrogens with one attached hydrogen (secondary N) is 1. The molecule has 1 saturated carbocycles. The summed E-state index contributed by atoms with van der Waals surface area (Å²) in [6.07, 6.45) is 4.32. The van der Waals surface area contributed by atoms with Crippen LogP contribution in [0.5, 0.6) is 0 Å². The molecular formula is C18H18N4O4. The molecule has 0 bridgehead atoms. The summed E-state index contributed by atoms with van der Waals surface area (Å²) >= 11 is 0. The smallest absolute Gasteiger partial charge is 0.271 e. The summed E-state index contributed by atoms with van der Waals surface area (Å²) < 4.78 is 0. The molecule has 134 valence electrons. The molecule has 2 aromatic rings. The first-order valence-electron chi connectivity index (χ1n) is 8.38. The van der Waals surface area contributed by atoms with E-state index in [1.807, 2.05) is 30.3 Å². The topological polar surface area (TPSA) is 111 Å². The van der Waals surface area contributed by atoms with Gasteiger partial charge in [0.25, 0.3) is 5.69 Å². The van der Waals surface area contributed by atoms with Crippen LogP contribution in [-0.2, 0) is 0 Å². The van der Waals surface area contributed by atoms with Gasteiger partial charge >= 0.3 is 5.69 Å². The third-order valence-electron chi connectivity index (χ3n) is 4.50. The summed E-state index contributed by atoms with van der Waals surface area (Å²) in [5.41, 5.74) is 4.02. The first-order chi connectivity index (χ1) is 12.6. The van der Waals surface area contributed by atoms with Crippen LogP contribution < -0.4 is 5.43 Å². The number of benzene rings is 2. The molecule has 3 rings (SSSR count). The third-order valence-corrected chi connectivity index (χ3v) is 4.50. The maximum absolute atomic E-state index is 11.3. The lowest BCUT2D eigenvalue weighted by atomic mass is 9.95. The Hall–Kier alpha value is -3.29. The Morgan fingerprint density at radius 2 is 1.69 bits per heavy atom. The molecule has 0 spiro atoms. The second-order valence-corrected chi connectivity index (χ2v) is 6.17. The molecule has 0 heterocycles. The number of non-ortho nitro benzene ring substituents is 1. The van der Waals surface area contributed by atoms with E-state index in [1.54, 1.807) is 0 Å². The Labute approximate surface area is 149 Å². The van der Waals surface area contributed by atoms with Gasteiger partial charge in [0.2, 0.25) is 0 Å². The van der Waals surface area contributed by atoms with Crippen molar-refractivity contribution in [2.24, 2.45) is 11.0 Å². The van der Waals surface area contributed by atoms with Gasteiger partial charge in [-0.25, -0.2) is 0 Å². The van der Waals surface area contributed by atoms with Crippen molar-refractivity contribution in [1.82, 2.24) is 0 Å². The zero-order chi connectivity index (χ0) is 18.5. The minimum Gasteiger partial charge on any atom is -0.271 e. The molecule has 1 aliphatic carbocycles. The van der Waals surface area contributed by atoms with Crippen LogP contribution in [0.2, 0.25) is 0 Å². The summed E-state index contributed by atoms with van der Waals surface area (Å²) in [6.45, 7) is 0. The van der Waals surface area contributed by atoms with Crippen LogP contribution in [0.15, 0.2) is 53.6 Å². The van der Waals surface area contributed by atoms with Gasteiger partial charge in [-0.15, -0.1) is 0 Å². The van der Waals surface area contributed by atoms with Crippen molar-refractivity contribution in [3.05, 3.63) is 74.3 Å². The van der Waals surface area contributed by atoms with Crippen LogP contribution in [0.1, 0.15) is 31.2 Å². The minimum atomic E-state index is -0.659. The Morgan fingerprint density at radius 1 is 1.00 bits per heavy atom. The number of anilines is 1. The number of nitrogens with zero attached hydrogens (tertiary/aromatic N) is 3. The van der Waals surface area contributed by atoms with Crippen molar-refractivity contribution in [1.29, 1.82) is 0 Å². The van der Waals surface area contributed by atoms with E-state index < -0.39 is 9.85 Å². The van der Waals surface area contributed by atoms with E-state index in [1.165, 1.54) is 12.1 Å². The van der Waals surface area contributed by atoms with Gasteiger partial charge in [-0.3, -0.25) is 25.7 Å². The molecular weight excluding hydrogens is 336 g/mol. The fourth-order valence-corrected chi connectivity index (χ4v) is 3.20. The van der Waals surface area contributed by atoms with E-state index in [2.05, 4.69) is 10.5 Å². The molecule has 2 aromatic carbocycles. The maximum Gasteiger partial charge on any atom is 0.301 e. The van der Waals surface area contributed by atoms with Crippen molar-refractivity contribution in [3.63, 3.8) is 0 Å². The average molecular weight is 354 g/mol. The van der Waals surface area contributed by atoms with Gasteiger partial charge in [-0.2, -0.15) is 5.10 Å². The molecule has 0 atom stereocenters. The summed E-state index contributed by atoms with van der Waals surface area (Å²) in [5, 5.41) is 26.6. The first-order valence-corrected chi connectivity index (χ1v) is 8.38. The molecule has 26 heavy (non-hydrogen) atoms. The number of nitro groups is 2. The van der Waals surface area contributed by atoms with Crippen molar-refractivity contribution < 1.29 is 9.85 Å². The van der Waals surface area contributed by atoms with Crippen LogP contribution in [0.4, 0.5) is 17.1 Å². The van der Waals surface area contributed by atoms with E-state index in [9.17, 15) is 20.2 Å². The lowest BCUT2D eigenvalue weighted by Crippen LogP contribution is -2.15. The molecule has 8 heteroatoms. The van der Waals surface area contributed by atoms with E-state index in [0.29, 0.717) is 5.92 Å². The highest BCUT2D eigenvalue weighted by molar-refractivity contribution is 6.02. The number of hydrogen-bond acceptors (Lipinski definition) is 6. The van der Waals surface area contributed by atoms with Crippen LogP contribution in [-0.4, -0.2) is 15.6 Å². The second kappa shape index (κ2) is 7.73. The normalized spacial score (nSPS) is 15.0. The Morgan fingerprint density at radius 3 is 2.31 bits per heavy atom. The van der Waals surface area contributed by atoms with Gasteiger partial charge in [0.05, 0.1) is 21.6 Å². The highest BCUT2D eigenvalue weighted by Gasteiger charge is 2.23. The van der Waals surface area contributed by atoms with Crippen molar-refractivity contribution in [2.45, 2.75) is 25.7 Å². The lowest BCUT2D eigenvalue weighted by molar-refractivity contribution is -0.393. The van der Waals surface area contributed by atoms with Crippen molar-refractivity contribution >= 4 is 22.8 Å². The van der Waals surface area contributed by atoms with Crippen LogP contribution >= 0.6 is 0 Å². The molecule has 1 N–H and O–H groups in total. The molecule has 0 aromatic heterocycles. The fraction of sp³-hybridized carbons (Fsp3) is 0.278. The van der Waals surface area contributed by atoms with Gasteiger partial charge in [-0.1, -0.05) is 43.2 Å². The SMILES string of the molecule is O=[N+]([O-])c1ccc(N/N=C(/c2ccccc2)C2CCCC2)c([N+](=O)[O-])c1. The Bertz CT molecular complexity index is 846. The van der Waals surface area contributed by atoms with Gasteiger partial charge in [0.1, 0.15) is 5.69 Å². The standard InChI is InChI=1S/C18H18N4O4/c23-21(24)15-10-11-16(17(12-15)22(25)26)19-20-18(14-8-4-5-9-14)13-6-2-1-3-7-13/h1-3,6-7,10-12,14,19H,4-5,8-9H2/b20-18-. The Kier molecular flexibility index (Phi) is 5.21. The predicted molar refractivity (Wildman–Crippen MR) is 98.3 cm³/mol. The van der Waals surface area contributed by atoms with Gasteiger partial charge < -0.3 is 0 Å². The van der Waals surface area contributed by atoms with Gasteiger partial charge in [0.15, 0.2) is 0 Å². The summed E-state index contributed by atoms with van der Waals surface area (Å²) in [5.74, 6) is 0.294. The highest BCUT2D eigenvalue weighted by Crippen LogP contribution is 2.31. The van der Waals surface area contributed by atoms with Crippen LogP contribution in [0.3, 0.4) is 0 Å². The quantitative estimate of drug-likeness (QED) is 0.466. The highest BCUT2D eigenvalue weighted by atomic mass is 16.6. The van der Waals surface area contributed by atoms with E-state index >= 15 is 0 Å². The van der Waals surface area contributed by atoms with Crippen LogP contribution in [0.25, 0.3) is 0 Å². The lowest BCUT2D eigenvalue weighted by Gasteiger charge is -2.14. The molecule has 1 fully saturated rings. The van der Waals surface area contributed by atoms with Gasteiger partial charge in [-0.05, 0) is 24.5 Å². The summed E-state index contributed by atoms with van der Waals surface area (Å²) in [6, 6.07) is 13.2. The second-order valence-electron chi connectivity index (χ2n) is 6.17. The number of hydrogen-bond donors (Lipinski definition) is 1. The molecule has 0 unspecified atom stereocenters. The average Bonchev–Trinajstić information content (AvgIpc) is 3.17. The molecule has 0 radical (unpaired) electrons. The minimum absolute atomic E-state index is 0.132. The van der Waals surface area contributed by atoms with Crippen LogP contribution in [0, 0.1) is 26.1 Å². The van der Waals surface area contributed by atoms with E-state index in [0.717, 1.165) is 43.0 Å². The molecule has 0 saturated heterocycles. The molecule has 1 aliphatic rings. The molecule has 8 nitrogen and oxygen atoms in total. The number of nitro benzene ring substituents is 2. The zero-order valence-electron chi connectivity index (χ0n) is 14.0. The maximum atomic E-state index is 11.3. The first kappa shape index (κ1) is 17.5. The third kappa shape index (κ3) is 3.85. The van der Waals surface area contributed by atoms with Crippen molar-refractivity contribution in [2.75, 3.05) is 5.43 Å². The van der Waals surface area contributed by atoms with Gasteiger partial charge in [0, 0.05) is 12.0 Å². The fourth-order valence-electron chi connectivity index (χ4n) is 3.20. The van der Waals surface area contributed by atoms with E-state index in [-0.39, 0.29) is 17.1 Å². The summed E-state index contributed by atoms with van der Waals surface area (Å²) in [7, 11) is 0. The van der Waals surface area contributed by atoms with E-state index in [4.69, 9.17) is 0 Å². The number of hydrazone groups is 1. The molecule has 0 amide bonds. The monoisotopic (exact) mass is 354 g/mol. The largest absolute Gasteiger partial charge is 0.301 e. The zero-order valence-corrected chi connectivity index (χ0v) is 14.0. The number of rotatable bonds is 6.